The van der Waals surface area contributed by atoms with Crippen molar-refractivity contribution in [3.05, 3.63) is 59.7 Å². The van der Waals surface area contributed by atoms with Crippen LogP contribution in [0.4, 0.5) is 21.6 Å². The third-order valence-electron chi connectivity index (χ3n) is 4.97. The van der Waals surface area contributed by atoms with Gasteiger partial charge in [0, 0.05) is 23.6 Å². The molecule has 0 aliphatic heterocycles. The number of benzene rings is 2. The smallest absolute Gasteiger partial charge is 0.305 e. The summed E-state index contributed by atoms with van der Waals surface area (Å²) in [5, 5.41) is 6.51. The average Bonchev–Trinajstić information content (AvgIpc) is 2.83. The summed E-state index contributed by atoms with van der Waals surface area (Å²) >= 11 is 5.88. The highest BCUT2D eigenvalue weighted by atomic mass is 35.5. The van der Waals surface area contributed by atoms with E-state index in [1.54, 1.807) is 31.2 Å². The Morgan fingerprint density at radius 2 is 2.00 bits per heavy atom. The minimum atomic E-state index is -0.522. The highest BCUT2D eigenvalue weighted by Crippen LogP contribution is 2.33. The molecule has 0 spiro atoms. The third kappa shape index (κ3) is 7.38. The van der Waals surface area contributed by atoms with Crippen LogP contribution < -0.4 is 15.4 Å². The molecule has 3 rings (SSSR count). The summed E-state index contributed by atoms with van der Waals surface area (Å²) in [6.45, 7) is 2.15. The number of anilines is 3. The molecule has 0 fully saturated rings. The second-order valence-electron chi connectivity index (χ2n) is 7.49. The molecule has 2 aromatic carbocycles. The SMILES string of the molecule is CCOC(=O)CCCC/C=C/C(=O)Nc1cc2c(Nc3ccc(F)c(Cl)c3)ncnc2cc1OC. The Balaban J connectivity index is 1.70. The minimum absolute atomic E-state index is 0.0179. The van der Waals surface area contributed by atoms with Crippen molar-refractivity contribution in [3.63, 3.8) is 0 Å². The number of aromatic nitrogens is 2. The van der Waals surface area contributed by atoms with Crippen molar-refractivity contribution in [3.8, 4) is 5.75 Å². The highest BCUT2D eigenvalue weighted by Gasteiger charge is 2.13. The van der Waals surface area contributed by atoms with Crippen molar-refractivity contribution in [2.75, 3.05) is 24.4 Å². The van der Waals surface area contributed by atoms with Gasteiger partial charge in [0.05, 0.1) is 29.9 Å². The summed E-state index contributed by atoms with van der Waals surface area (Å²) in [4.78, 5) is 32.4. The fourth-order valence-electron chi connectivity index (χ4n) is 3.29. The number of hydrogen-bond acceptors (Lipinski definition) is 7. The van der Waals surface area contributed by atoms with Gasteiger partial charge in [-0.05, 0) is 56.5 Å². The van der Waals surface area contributed by atoms with Crippen molar-refractivity contribution < 1.29 is 23.5 Å². The molecule has 10 heteroatoms. The van der Waals surface area contributed by atoms with Crippen LogP contribution in [0.2, 0.25) is 5.02 Å². The number of carbonyl (C=O) groups is 2. The number of methoxy groups -OCH3 is 1. The van der Waals surface area contributed by atoms with E-state index in [9.17, 15) is 14.0 Å². The molecule has 35 heavy (non-hydrogen) atoms. The summed E-state index contributed by atoms with van der Waals surface area (Å²) in [7, 11) is 1.50. The predicted octanol–water partition coefficient (Wildman–Crippen LogP) is 5.79. The quantitative estimate of drug-likeness (QED) is 0.195. The fourth-order valence-corrected chi connectivity index (χ4v) is 3.47. The van der Waals surface area contributed by atoms with E-state index < -0.39 is 5.82 Å². The number of fused-ring (bicyclic) bond motifs is 1. The van der Waals surface area contributed by atoms with E-state index in [0.29, 0.717) is 59.7 Å². The first-order valence-electron chi connectivity index (χ1n) is 11.1. The number of amides is 1. The van der Waals surface area contributed by atoms with E-state index >= 15 is 0 Å². The summed E-state index contributed by atoms with van der Waals surface area (Å²) in [6, 6.07) is 7.64. The molecule has 3 aromatic rings. The zero-order chi connectivity index (χ0) is 25.2. The number of carbonyl (C=O) groups excluding carboxylic acids is 2. The maximum atomic E-state index is 13.5. The van der Waals surface area contributed by atoms with Gasteiger partial charge in [0.15, 0.2) is 0 Å². The summed E-state index contributed by atoms with van der Waals surface area (Å²) in [6.07, 6.45) is 7.06. The Labute approximate surface area is 207 Å². The second kappa shape index (κ2) is 12.7. The van der Waals surface area contributed by atoms with Crippen LogP contribution in [0.3, 0.4) is 0 Å². The highest BCUT2D eigenvalue weighted by molar-refractivity contribution is 6.31. The van der Waals surface area contributed by atoms with E-state index in [1.807, 2.05) is 0 Å². The number of rotatable bonds is 11. The van der Waals surface area contributed by atoms with Gasteiger partial charge in [-0.15, -0.1) is 0 Å². The van der Waals surface area contributed by atoms with Crippen LogP contribution in [0.15, 0.2) is 48.8 Å². The number of allylic oxidation sites excluding steroid dienone is 1. The Hall–Kier alpha value is -3.72. The van der Waals surface area contributed by atoms with Crippen molar-refractivity contribution in [2.45, 2.75) is 32.6 Å². The summed E-state index contributed by atoms with van der Waals surface area (Å²) in [5.74, 6) is -0.176. The minimum Gasteiger partial charge on any atom is -0.494 e. The number of ether oxygens (including phenoxy) is 2. The number of nitrogens with zero attached hydrogens (tertiary/aromatic N) is 2. The van der Waals surface area contributed by atoms with Crippen molar-refractivity contribution in [1.82, 2.24) is 9.97 Å². The molecule has 1 amide bonds. The van der Waals surface area contributed by atoms with Gasteiger partial charge in [0.1, 0.15) is 23.7 Å². The van der Waals surface area contributed by atoms with Gasteiger partial charge in [-0.25, -0.2) is 14.4 Å². The van der Waals surface area contributed by atoms with Crippen LogP contribution in [0.1, 0.15) is 32.6 Å². The Morgan fingerprint density at radius 1 is 1.17 bits per heavy atom. The molecule has 0 aliphatic rings. The Bertz CT molecular complexity index is 1240. The van der Waals surface area contributed by atoms with E-state index in [0.717, 1.165) is 6.42 Å². The predicted molar refractivity (Wildman–Crippen MR) is 134 cm³/mol. The monoisotopic (exact) mass is 500 g/mol. The van der Waals surface area contributed by atoms with Gasteiger partial charge in [-0.2, -0.15) is 0 Å². The number of nitrogens with one attached hydrogen (secondary N) is 2. The first-order valence-corrected chi connectivity index (χ1v) is 11.5. The normalized spacial score (nSPS) is 11.0. The first kappa shape index (κ1) is 25.9. The zero-order valence-electron chi connectivity index (χ0n) is 19.4. The zero-order valence-corrected chi connectivity index (χ0v) is 20.2. The lowest BCUT2D eigenvalue weighted by atomic mass is 10.1. The number of unbranched alkanes of at least 4 members (excludes halogenated alkanes) is 2. The molecule has 1 heterocycles. The number of esters is 1. The van der Waals surface area contributed by atoms with Crippen molar-refractivity contribution in [1.29, 1.82) is 0 Å². The number of hydrogen-bond donors (Lipinski definition) is 2. The van der Waals surface area contributed by atoms with Gasteiger partial charge in [-0.1, -0.05) is 17.7 Å². The van der Waals surface area contributed by atoms with Crippen LogP contribution in [0.25, 0.3) is 10.9 Å². The lowest BCUT2D eigenvalue weighted by Gasteiger charge is -2.13. The van der Waals surface area contributed by atoms with Crippen LogP contribution in [0.5, 0.6) is 5.75 Å². The molecule has 8 nitrogen and oxygen atoms in total. The van der Waals surface area contributed by atoms with Gasteiger partial charge >= 0.3 is 5.97 Å². The van der Waals surface area contributed by atoms with Crippen LogP contribution in [0, 0.1) is 5.82 Å². The molecule has 0 bridgehead atoms. The van der Waals surface area contributed by atoms with Crippen molar-refractivity contribution >= 4 is 51.6 Å². The lowest BCUT2D eigenvalue weighted by molar-refractivity contribution is -0.143. The Kier molecular flexibility index (Phi) is 9.37. The van der Waals surface area contributed by atoms with Gasteiger partial charge in [0.2, 0.25) is 5.91 Å². The van der Waals surface area contributed by atoms with Gasteiger partial charge in [-0.3, -0.25) is 9.59 Å². The van der Waals surface area contributed by atoms with Gasteiger partial charge < -0.3 is 20.1 Å². The number of halogens is 2. The molecule has 0 saturated heterocycles. The third-order valence-corrected chi connectivity index (χ3v) is 5.26. The molecular weight excluding hydrogens is 475 g/mol. The van der Waals surface area contributed by atoms with E-state index in [-0.39, 0.29) is 16.9 Å². The van der Waals surface area contributed by atoms with Crippen LogP contribution in [-0.4, -0.2) is 35.6 Å². The summed E-state index contributed by atoms with van der Waals surface area (Å²) in [5.41, 5.74) is 1.57. The fraction of sp³-hybridized carbons (Fsp3) is 0.280. The maximum Gasteiger partial charge on any atom is 0.305 e. The van der Waals surface area contributed by atoms with Crippen LogP contribution in [-0.2, 0) is 14.3 Å². The maximum absolute atomic E-state index is 13.5. The molecule has 0 aliphatic carbocycles. The van der Waals surface area contributed by atoms with E-state index in [1.165, 1.54) is 31.6 Å². The average molecular weight is 501 g/mol. The second-order valence-corrected chi connectivity index (χ2v) is 7.90. The molecule has 0 unspecified atom stereocenters. The first-order chi connectivity index (χ1) is 16.9. The molecule has 2 N–H and O–H groups in total. The largest absolute Gasteiger partial charge is 0.494 e. The molecule has 0 saturated carbocycles. The topological polar surface area (TPSA) is 102 Å². The van der Waals surface area contributed by atoms with E-state index in [4.69, 9.17) is 21.1 Å². The molecular formula is C25H26ClFN4O4. The lowest BCUT2D eigenvalue weighted by Crippen LogP contribution is -2.09. The van der Waals surface area contributed by atoms with Crippen LogP contribution >= 0.6 is 11.6 Å². The molecule has 0 atom stereocenters. The van der Waals surface area contributed by atoms with Crippen molar-refractivity contribution in [2.24, 2.45) is 0 Å². The standard InChI is InChI=1S/C25H26ClFN4O4/c1-3-35-24(33)9-7-5-4-6-8-23(32)31-21-13-17-20(14-22(21)34-2)28-15-29-25(17)30-16-10-11-19(27)18(26)12-16/h6,8,10-15H,3-5,7,9H2,1-2H3,(H,31,32)(H,28,29,30)/b8-6+. The molecule has 0 radical (unpaired) electrons. The summed E-state index contributed by atoms with van der Waals surface area (Å²) < 4.78 is 23.8. The van der Waals surface area contributed by atoms with E-state index in [2.05, 4.69) is 20.6 Å². The van der Waals surface area contributed by atoms with Gasteiger partial charge in [0.25, 0.3) is 0 Å². The molecule has 1 aromatic heterocycles. The molecule has 184 valence electrons. The Morgan fingerprint density at radius 3 is 2.74 bits per heavy atom.